The summed E-state index contributed by atoms with van der Waals surface area (Å²) in [6.07, 6.45) is -0.377. The first-order valence-electron chi connectivity index (χ1n) is 6.71. The summed E-state index contributed by atoms with van der Waals surface area (Å²) >= 11 is 0. The molecule has 1 N–H and O–H groups in total. The molecule has 1 aromatic carbocycles. The highest BCUT2D eigenvalue weighted by molar-refractivity contribution is 7.89. The summed E-state index contributed by atoms with van der Waals surface area (Å²) in [6, 6.07) is 4.14. The van der Waals surface area contributed by atoms with Crippen molar-refractivity contribution in [2.75, 3.05) is 13.1 Å². The Labute approximate surface area is 124 Å². The van der Waals surface area contributed by atoms with Crippen molar-refractivity contribution in [3.8, 4) is 0 Å². The van der Waals surface area contributed by atoms with Crippen LogP contribution in [0, 0.1) is 6.92 Å². The van der Waals surface area contributed by atoms with Crippen LogP contribution in [0.5, 0.6) is 0 Å². The fraction of sp³-hybridized carbons (Fsp3) is 0.500. The Hall–Kier alpha value is -1.44. The van der Waals surface area contributed by atoms with Crippen molar-refractivity contribution in [2.45, 2.75) is 37.9 Å². The van der Waals surface area contributed by atoms with Crippen molar-refractivity contribution >= 4 is 16.0 Å². The first kappa shape index (κ1) is 15.9. The number of rotatable bonds is 3. The number of hydrogen-bond acceptors (Lipinski definition) is 4. The first-order chi connectivity index (χ1) is 9.71. The van der Waals surface area contributed by atoms with E-state index in [1.807, 2.05) is 13.8 Å². The molecule has 116 valence electrons. The Morgan fingerprint density at radius 2 is 1.86 bits per heavy atom. The van der Waals surface area contributed by atoms with Gasteiger partial charge in [-0.1, -0.05) is 6.07 Å². The highest BCUT2D eigenvalue weighted by Crippen LogP contribution is 2.24. The Balaban J connectivity index is 2.44. The fourth-order valence-corrected chi connectivity index (χ4v) is 4.32. The van der Waals surface area contributed by atoms with Gasteiger partial charge < -0.3 is 9.84 Å². The molecule has 1 aliphatic rings. The maximum atomic E-state index is 12.8. The first-order valence-corrected chi connectivity index (χ1v) is 8.15. The summed E-state index contributed by atoms with van der Waals surface area (Å²) < 4.78 is 32.4. The predicted octanol–water partition coefficient (Wildman–Crippen LogP) is 1.49. The van der Waals surface area contributed by atoms with E-state index in [1.165, 1.54) is 22.5 Å². The minimum atomic E-state index is -3.72. The van der Waals surface area contributed by atoms with Gasteiger partial charge in [0.2, 0.25) is 10.0 Å². The molecule has 2 atom stereocenters. The molecule has 21 heavy (non-hydrogen) atoms. The number of morpholine rings is 1. The van der Waals surface area contributed by atoms with Gasteiger partial charge in [-0.3, -0.25) is 0 Å². The van der Waals surface area contributed by atoms with Crippen LogP contribution in [0.25, 0.3) is 0 Å². The van der Waals surface area contributed by atoms with Crippen LogP contribution in [-0.2, 0) is 14.8 Å². The maximum Gasteiger partial charge on any atom is 0.335 e. The Morgan fingerprint density at radius 1 is 1.29 bits per heavy atom. The van der Waals surface area contributed by atoms with Crippen molar-refractivity contribution in [1.29, 1.82) is 0 Å². The average molecular weight is 313 g/mol. The van der Waals surface area contributed by atoms with Crippen LogP contribution in [0.3, 0.4) is 0 Å². The second-order valence-corrected chi connectivity index (χ2v) is 7.27. The molecule has 1 aliphatic heterocycles. The Kier molecular flexibility index (Phi) is 4.36. The van der Waals surface area contributed by atoms with Crippen molar-refractivity contribution in [3.05, 3.63) is 29.3 Å². The maximum absolute atomic E-state index is 12.8. The summed E-state index contributed by atoms with van der Waals surface area (Å²) in [7, 11) is -3.72. The molecule has 1 fully saturated rings. The van der Waals surface area contributed by atoms with Crippen molar-refractivity contribution in [3.63, 3.8) is 0 Å². The molecule has 0 saturated carbocycles. The molecule has 1 saturated heterocycles. The summed E-state index contributed by atoms with van der Waals surface area (Å²) in [6.45, 7) is 5.83. The topological polar surface area (TPSA) is 83.9 Å². The zero-order valence-electron chi connectivity index (χ0n) is 12.2. The van der Waals surface area contributed by atoms with E-state index >= 15 is 0 Å². The summed E-state index contributed by atoms with van der Waals surface area (Å²) in [5.74, 6) is -1.14. The van der Waals surface area contributed by atoms with Crippen molar-refractivity contribution < 1.29 is 23.1 Å². The number of carboxylic acids is 1. The monoisotopic (exact) mass is 313 g/mol. The highest BCUT2D eigenvalue weighted by atomic mass is 32.2. The zero-order valence-corrected chi connectivity index (χ0v) is 13.1. The van der Waals surface area contributed by atoms with E-state index in [0.717, 1.165) is 0 Å². The number of benzene rings is 1. The van der Waals surface area contributed by atoms with E-state index < -0.39 is 16.0 Å². The number of carboxylic acid groups (broad SMARTS) is 1. The average Bonchev–Trinajstić information content (AvgIpc) is 2.37. The third-order valence-corrected chi connectivity index (χ3v) is 5.41. The van der Waals surface area contributed by atoms with E-state index in [-0.39, 0.29) is 35.8 Å². The second-order valence-electron chi connectivity index (χ2n) is 5.36. The van der Waals surface area contributed by atoms with E-state index in [9.17, 15) is 13.2 Å². The van der Waals surface area contributed by atoms with Gasteiger partial charge in [0.1, 0.15) is 0 Å². The lowest BCUT2D eigenvalue weighted by Gasteiger charge is -2.34. The molecular formula is C14H19NO5S. The summed E-state index contributed by atoms with van der Waals surface area (Å²) in [5, 5.41) is 9.03. The summed E-state index contributed by atoms with van der Waals surface area (Å²) in [4.78, 5) is 11.1. The standard InChI is InChI=1S/C14H19NO5S/c1-9-4-5-12(14(16)17)6-13(9)21(18,19)15-7-10(2)20-11(3)8-15/h4-6,10-11H,7-8H2,1-3H3,(H,16,17)/t10-,11+. The second kappa shape index (κ2) is 5.75. The SMILES string of the molecule is Cc1ccc(C(=O)O)cc1S(=O)(=O)N1C[C@@H](C)O[C@@H](C)C1. The number of ether oxygens (including phenoxy) is 1. The zero-order chi connectivity index (χ0) is 15.8. The van der Waals surface area contributed by atoms with Gasteiger partial charge in [-0.2, -0.15) is 4.31 Å². The number of aryl methyl sites for hydroxylation is 1. The number of nitrogens with zero attached hydrogens (tertiary/aromatic N) is 1. The van der Waals surface area contributed by atoms with E-state index in [1.54, 1.807) is 6.92 Å². The van der Waals surface area contributed by atoms with Gasteiger partial charge in [0.05, 0.1) is 22.7 Å². The molecule has 0 aromatic heterocycles. The quantitative estimate of drug-likeness (QED) is 0.914. The summed E-state index contributed by atoms with van der Waals surface area (Å²) in [5.41, 5.74) is 0.500. The van der Waals surface area contributed by atoms with Gasteiger partial charge >= 0.3 is 5.97 Å². The molecule has 0 amide bonds. The van der Waals surface area contributed by atoms with Crippen LogP contribution < -0.4 is 0 Å². The van der Waals surface area contributed by atoms with Gasteiger partial charge in [0.15, 0.2) is 0 Å². The number of aromatic carboxylic acids is 1. The van der Waals surface area contributed by atoms with Gasteiger partial charge in [-0.05, 0) is 38.5 Å². The lowest BCUT2D eigenvalue weighted by atomic mass is 10.1. The lowest BCUT2D eigenvalue weighted by Crippen LogP contribution is -2.48. The predicted molar refractivity (Wildman–Crippen MR) is 76.9 cm³/mol. The van der Waals surface area contributed by atoms with Crippen molar-refractivity contribution in [1.82, 2.24) is 4.31 Å². The third-order valence-electron chi connectivity index (χ3n) is 3.44. The fourth-order valence-electron chi connectivity index (χ4n) is 2.48. The van der Waals surface area contributed by atoms with Crippen LogP contribution in [-0.4, -0.2) is 49.1 Å². The molecule has 1 aromatic rings. The van der Waals surface area contributed by atoms with Crippen LogP contribution >= 0.6 is 0 Å². The minimum absolute atomic E-state index is 0.0338. The molecule has 2 rings (SSSR count). The normalized spacial score (nSPS) is 24.0. The largest absolute Gasteiger partial charge is 0.478 e. The van der Waals surface area contributed by atoms with E-state index in [0.29, 0.717) is 5.56 Å². The van der Waals surface area contributed by atoms with Crippen LogP contribution in [0.1, 0.15) is 29.8 Å². The van der Waals surface area contributed by atoms with Gasteiger partial charge in [-0.15, -0.1) is 0 Å². The molecule has 0 radical (unpaired) electrons. The molecule has 0 bridgehead atoms. The highest BCUT2D eigenvalue weighted by Gasteiger charge is 2.33. The van der Waals surface area contributed by atoms with Gasteiger partial charge in [0.25, 0.3) is 0 Å². The minimum Gasteiger partial charge on any atom is -0.478 e. The molecule has 6 nitrogen and oxygen atoms in total. The van der Waals surface area contributed by atoms with E-state index in [4.69, 9.17) is 9.84 Å². The van der Waals surface area contributed by atoms with Crippen LogP contribution in [0.4, 0.5) is 0 Å². The molecule has 7 heteroatoms. The van der Waals surface area contributed by atoms with Crippen LogP contribution in [0.15, 0.2) is 23.1 Å². The number of sulfonamides is 1. The van der Waals surface area contributed by atoms with Gasteiger partial charge in [0, 0.05) is 13.1 Å². The molecule has 0 spiro atoms. The van der Waals surface area contributed by atoms with Crippen LogP contribution in [0.2, 0.25) is 0 Å². The Morgan fingerprint density at radius 3 is 2.38 bits per heavy atom. The molecule has 0 unspecified atom stereocenters. The third kappa shape index (κ3) is 3.25. The molecule has 1 heterocycles. The lowest BCUT2D eigenvalue weighted by molar-refractivity contribution is -0.0441. The smallest absolute Gasteiger partial charge is 0.335 e. The Bertz CT molecular complexity index is 645. The molecule has 0 aliphatic carbocycles. The van der Waals surface area contributed by atoms with E-state index in [2.05, 4.69) is 0 Å². The number of hydrogen-bond donors (Lipinski definition) is 1. The molecular weight excluding hydrogens is 294 g/mol. The number of carbonyl (C=O) groups is 1. The van der Waals surface area contributed by atoms with Gasteiger partial charge in [-0.25, -0.2) is 13.2 Å². The van der Waals surface area contributed by atoms with Crippen molar-refractivity contribution in [2.24, 2.45) is 0 Å².